The Hall–Kier alpha value is -1.54. The largest absolute Gasteiger partial charge is 0.497 e. The second-order valence-corrected chi connectivity index (χ2v) is 7.59. The average molecular weight is 399 g/mol. The van der Waals surface area contributed by atoms with E-state index in [-0.39, 0.29) is 0 Å². The molecule has 0 aliphatic rings. The summed E-state index contributed by atoms with van der Waals surface area (Å²) in [6.45, 7) is 0. The third-order valence-electron chi connectivity index (χ3n) is 2.86. The van der Waals surface area contributed by atoms with Crippen molar-refractivity contribution in [2.24, 2.45) is 0 Å². The highest BCUT2D eigenvalue weighted by Crippen LogP contribution is 2.32. The predicted molar refractivity (Wildman–Crippen MR) is 85.7 cm³/mol. The number of rotatable bonds is 3. The quantitative estimate of drug-likeness (QED) is 0.615. The molecule has 0 unspecified atom stereocenters. The molecular weight excluding hydrogens is 389 g/mol. The Labute approximate surface area is 126 Å². The molecule has 0 atom stereocenters. The molecule has 0 saturated carbocycles. The molecule has 102 valence electrons. The summed E-state index contributed by atoms with van der Waals surface area (Å²) in [6.07, 6.45) is 0. The summed E-state index contributed by atoms with van der Waals surface area (Å²) in [7, 11) is 1.63. The Morgan fingerprint density at radius 1 is 1.10 bits per heavy atom. The molecule has 1 aromatic heterocycles. The summed E-state index contributed by atoms with van der Waals surface area (Å²) in [5, 5.41) is 0.872. The normalized spacial score (nSPS) is 11.1. The van der Waals surface area contributed by atoms with Gasteiger partial charge < -0.3 is 4.74 Å². The van der Waals surface area contributed by atoms with Gasteiger partial charge in [-0.05, 0) is 30.3 Å². The fourth-order valence-electron chi connectivity index (χ4n) is 1.85. The molecule has 0 aliphatic carbocycles. The first-order valence-corrected chi connectivity index (χ1v) is 9.43. The summed E-state index contributed by atoms with van der Waals surface area (Å²) < 4.78 is 28.6. The van der Waals surface area contributed by atoms with E-state index in [0.29, 0.717) is 3.57 Å². The lowest BCUT2D eigenvalue weighted by Gasteiger charge is -1.96. The Bertz CT molecular complexity index is 829. The molecule has 2 aromatic carbocycles. The van der Waals surface area contributed by atoms with E-state index in [4.69, 9.17) is 4.74 Å². The lowest BCUT2D eigenvalue weighted by Crippen LogP contribution is -1.80. The van der Waals surface area contributed by atoms with Gasteiger partial charge in [0.25, 0.3) is 0 Å². The number of nitrogens with zero attached hydrogens (tertiary/aromatic N) is 1. The number of fused-ring (bicyclic) bond motifs is 1. The second-order valence-electron chi connectivity index (χ2n) is 4.08. The monoisotopic (exact) mass is 399 g/mol. The van der Waals surface area contributed by atoms with Crippen LogP contribution in [0.5, 0.6) is 5.75 Å². The van der Waals surface area contributed by atoms with Crippen LogP contribution in [0.3, 0.4) is 0 Å². The Kier molecular flexibility index (Phi) is 3.66. The molecule has 0 amide bonds. The molecule has 6 heteroatoms. The highest BCUT2D eigenvalue weighted by atomic mass is 127. The van der Waals surface area contributed by atoms with Gasteiger partial charge in [-0.2, -0.15) is 0 Å². The summed E-state index contributed by atoms with van der Waals surface area (Å²) in [5.74, 6) is 0.801. The number of hydrogen-bond donors (Lipinski definition) is 0. The third kappa shape index (κ3) is 2.53. The molecule has 4 nitrogen and oxygen atoms in total. The summed E-state index contributed by atoms with van der Waals surface area (Å²) in [6, 6.07) is 12.6. The molecule has 0 fully saturated rings. The van der Waals surface area contributed by atoms with Crippen LogP contribution >= 0.6 is 31.1 Å². The maximum absolute atomic E-state index is 11.0. The van der Waals surface area contributed by atoms with Crippen LogP contribution in [0, 0.1) is 3.57 Å². The van der Waals surface area contributed by atoms with E-state index in [1.165, 1.54) is 0 Å². The van der Waals surface area contributed by atoms with Gasteiger partial charge in [0, 0.05) is 5.56 Å². The van der Waals surface area contributed by atoms with Gasteiger partial charge in [0.05, 0.1) is 20.9 Å². The molecule has 0 saturated heterocycles. The topological polar surface area (TPSA) is 56.3 Å². The molecular formula is C14H10INO3S. The Morgan fingerprint density at radius 2 is 1.85 bits per heavy atom. The zero-order valence-electron chi connectivity index (χ0n) is 10.5. The second kappa shape index (κ2) is 5.45. The van der Waals surface area contributed by atoms with E-state index in [1.54, 1.807) is 42.7 Å². The molecule has 0 bridgehead atoms. The van der Waals surface area contributed by atoms with Crippen LogP contribution in [0.25, 0.3) is 20.8 Å². The molecule has 3 rings (SSSR count). The highest BCUT2D eigenvalue weighted by molar-refractivity contribution is 14.2. The maximum atomic E-state index is 11.0. The van der Waals surface area contributed by atoms with Crippen LogP contribution in [0.1, 0.15) is 0 Å². The van der Waals surface area contributed by atoms with Gasteiger partial charge in [-0.3, -0.25) is 0 Å². The minimum Gasteiger partial charge on any atom is -0.497 e. The first-order valence-electron chi connectivity index (χ1n) is 5.77. The predicted octanol–water partition coefficient (Wildman–Crippen LogP) is 4.34. The number of methoxy groups -OCH3 is 1. The molecule has 3 aromatic rings. The van der Waals surface area contributed by atoms with Gasteiger partial charge in [0.2, 0.25) is 0 Å². The highest BCUT2D eigenvalue weighted by Gasteiger charge is 2.08. The van der Waals surface area contributed by atoms with E-state index in [2.05, 4.69) is 4.98 Å². The van der Waals surface area contributed by atoms with Crippen molar-refractivity contribution in [3.05, 3.63) is 46.0 Å². The lowest BCUT2D eigenvalue weighted by atomic mass is 10.2. The molecule has 0 N–H and O–H groups in total. The van der Waals surface area contributed by atoms with Crippen molar-refractivity contribution >= 4 is 41.3 Å². The standard InChI is InChI=1S/C14H10INO3S/c1-19-11-6-7-12-13(8-11)20-14(16-12)9-2-4-10(5-3-9)15(17)18/h2-8H,1H3. The fourth-order valence-corrected chi connectivity index (χ4v) is 3.80. The zero-order valence-corrected chi connectivity index (χ0v) is 13.5. The van der Waals surface area contributed by atoms with Crippen molar-refractivity contribution in [3.8, 4) is 16.3 Å². The van der Waals surface area contributed by atoms with Gasteiger partial charge >= 0.3 is 19.8 Å². The van der Waals surface area contributed by atoms with Crippen molar-refractivity contribution in [3.63, 3.8) is 0 Å². The van der Waals surface area contributed by atoms with Crippen LogP contribution < -0.4 is 4.74 Å². The fraction of sp³-hybridized carbons (Fsp3) is 0.0714. The van der Waals surface area contributed by atoms with Crippen molar-refractivity contribution < 1.29 is 10.9 Å². The summed E-state index contributed by atoms with van der Waals surface area (Å²) in [4.78, 5) is 4.55. The van der Waals surface area contributed by atoms with Crippen molar-refractivity contribution in [1.29, 1.82) is 0 Å². The van der Waals surface area contributed by atoms with E-state index in [9.17, 15) is 6.14 Å². The number of thiazole rings is 1. The first-order chi connectivity index (χ1) is 9.67. The van der Waals surface area contributed by atoms with Gasteiger partial charge in [0.15, 0.2) is 0 Å². The van der Waals surface area contributed by atoms with E-state index >= 15 is 0 Å². The minimum absolute atomic E-state index is 0.403. The molecule has 0 spiro atoms. The molecule has 20 heavy (non-hydrogen) atoms. The van der Waals surface area contributed by atoms with E-state index in [0.717, 1.165) is 26.5 Å². The average Bonchev–Trinajstić information content (AvgIpc) is 2.90. The van der Waals surface area contributed by atoms with Gasteiger partial charge in [-0.1, -0.05) is 12.1 Å². The van der Waals surface area contributed by atoms with Crippen molar-refractivity contribution in [2.45, 2.75) is 0 Å². The van der Waals surface area contributed by atoms with Gasteiger partial charge in [-0.25, -0.2) is 11.1 Å². The van der Waals surface area contributed by atoms with Crippen LogP contribution in [-0.2, 0) is 6.14 Å². The SMILES string of the molecule is COc1ccc2nc(-c3ccc(I(=O)=O)cc3)sc2c1. The number of hydrogen-bond acceptors (Lipinski definition) is 5. The number of benzene rings is 2. The molecule has 0 aliphatic heterocycles. The number of aromatic nitrogens is 1. The maximum Gasteiger partial charge on any atom is 0.340 e. The van der Waals surface area contributed by atoms with Crippen LogP contribution in [0.4, 0.5) is 0 Å². The molecule has 0 radical (unpaired) electrons. The Morgan fingerprint density at radius 3 is 2.50 bits per heavy atom. The van der Waals surface area contributed by atoms with Gasteiger partial charge in [-0.15, -0.1) is 11.3 Å². The van der Waals surface area contributed by atoms with Crippen molar-refractivity contribution in [2.75, 3.05) is 7.11 Å². The zero-order chi connectivity index (χ0) is 14.1. The van der Waals surface area contributed by atoms with Crippen LogP contribution in [-0.4, -0.2) is 12.1 Å². The van der Waals surface area contributed by atoms with Crippen LogP contribution in [0.15, 0.2) is 42.5 Å². The summed E-state index contributed by atoms with van der Waals surface area (Å²) >= 11 is -1.82. The third-order valence-corrected chi connectivity index (χ3v) is 5.67. The van der Waals surface area contributed by atoms with E-state index < -0.39 is 19.8 Å². The number of halogens is 1. The van der Waals surface area contributed by atoms with Gasteiger partial charge in [0.1, 0.15) is 10.8 Å². The minimum atomic E-state index is -3.38. The summed E-state index contributed by atoms with van der Waals surface area (Å²) in [5.41, 5.74) is 1.84. The van der Waals surface area contributed by atoms with Crippen LogP contribution in [0.2, 0.25) is 0 Å². The lowest BCUT2D eigenvalue weighted by molar-refractivity contribution is 0.415. The smallest absolute Gasteiger partial charge is 0.340 e. The van der Waals surface area contributed by atoms with Crippen molar-refractivity contribution in [1.82, 2.24) is 4.98 Å². The molecule has 1 heterocycles. The number of ether oxygens (including phenoxy) is 1. The first kappa shape index (κ1) is 13.4. The Balaban J connectivity index is 2.05. The van der Waals surface area contributed by atoms with E-state index in [1.807, 2.05) is 18.2 Å².